The molecule has 166 valence electrons. The van der Waals surface area contributed by atoms with E-state index >= 15 is 0 Å². The zero-order valence-corrected chi connectivity index (χ0v) is 18.5. The van der Waals surface area contributed by atoms with Gasteiger partial charge in [0.1, 0.15) is 5.78 Å². The molecule has 0 saturated carbocycles. The lowest BCUT2D eigenvalue weighted by Gasteiger charge is -2.25. The Morgan fingerprint density at radius 3 is 2.47 bits per heavy atom. The summed E-state index contributed by atoms with van der Waals surface area (Å²) in [5.41, 5.74) is 2.87. The molecule has 32 heavy (non-hydrogen) atoms. The van der Waals surface area contributed by atoms with Crippen LogP contribution in [0, 0.1) is 11.8 Å². The summed E-state index contributed by atoms with van der Waals surface area (Å²) in [5.74, 6) is -1.86. The largest absolute Gasteiger partial charge is 0.326 e. The van der Waals surface area contributed by atoms with Crippen LogP contribution >= 0.6 is 0 Å². The van der Waals surface area contributed by atoms with Crippen LogP contribution < -0.4 is 10.6 Å². The molecule has 0 spiro atoms. The molecule has 3 rings (SSSR count). The molecule has 1 unspecified atom stereocenters. The molecule has 3 atom stereocenters. The van der Waals surface area contributed by atoms with Gasteiger partial charge in [-0.2, -0.15) is 0 Å². The predicted molar refractivity (Wildman–Crippen MR) is 126 cm³/mol. The van der Waals surface area contributed by atoms with Crippen molar-refractivity contribution in [3.8, 4) is 0 Å². The molecule has 0 bridgehead atoms. The number of rotatable bonds is 9. The van der Waals surface area contributed by atoms with Crippen LogP contribution in [0.15, 0.2) is 72.2 Å². The summed E-state index contributed by atoms with van der Waals surface area (Å²) in [7, 11) is 0. The summed E-state index contributed by atoms with van der Waals surface area (Å²) in [4.78, 5) is 43.1. The van der Waals surface area contributed by atoms with Gasteiger partial charge in [0, 0.05) is 23.0 Å². The number of hydrogen-bond donors (Lipinski definition) is 2. The monoisotopic (exact) mass is 431 g/mol. The van der Waals surface area contributed by atoms with Crippen LogP contribution in [-0.2, 0) is 14.4 Å². The fraction of sp³-hybridized carbons (Fsp3) is 0.308. The van der Waals surface area contributed by atoms with Gasteiger partial charge in [-0.15, -0.1) is 6.58 Å². The third-order valence-electron chi connectivity index (χ3n) is 5.64. The maximum absolute atomic E-state index is 13.2. The number of benzene rings is 2. The third-order valence-corrected chi connectivity index (χ3v) is 5.64. The summed E-state index contributed by atoms with van der Waals surface area (Å²) in [5, 5.41) is 5.67. The highest BCUT2D eigenvalue weighted by atomic mass is 16.2. The Balaban J connectivity index is 1.97. The van der Waals surface area contributed by atoms with E-state index in [1.165, 1.54) is 6.92 Å². The van der Waals surface area contributed by atoms with E-state index in [1.807, 2.05) is 61.5 Å². The van der Waals surface area contributed by atoms with Crippen LogP contribution in [0.25, 0.3) is 0 Å². The molecule has 0 saturated heterocycles. The van der Waals surface area contributed by atoms with Crippen molar-refractivity contribution in [2.45, 2.75) is 39.3 Å². The highest BCUT2D eigenvalue weighted by Gasteiger charge is 2.34. The number of benzodiazepines with no additional fused rings is 1. The lowest BCUT2D eigenvalue weighted by molar-refractivity contribution is -0.134. The normalized spacial score (nSPS) is 17.1. The number of carbonyl (C=O) groups is 3. The van der Waals surface area contributed by atoms with E-state index in [0.717, 1.165) is 17.5 Å². The zero-order valence-electron chi connectivity index (χ0n) is 18.5. The van der Waals surface area contributed by atoms with Crippen LogP contribution in [-0.4, -0.2) is 29.5 Å². The third kappa shape index (κ3) is 5.19. The van der Waals surface area contributed by atoms with Crippen molar-refractivity contribution in [1.29, 1.82) is 0 Å². The molecule has 0 aromatic heterocycles. The second kappa shape index (κ2) is 10.7. The molecule has 1 aliphatic heterocycles. The number of para-hydroxylation sites is 1. The number of nitrogens with zero attached hydrogens (tertiary/aromatic N) is 1. The van der Waals surface area contributed by atoms with E-state index in [4.69, 9.17) is 0 Å². The van der Waals surface area contributed by atoms with Crippen molar-refractivity contribution in [2.75, 3.05) is 5.32 Å². The smallest absolute Gasteiger partial charge is 0.269 e. The Kier molecular flexibility index (Phi) is 7.71. The van der Waals surface area contributed by atoms with E-state index < -0.39 is 23.9 Å². The first-order valence-corrected chi connectivity index (χ1v) is 10.9. The van der Waals surface area contributed by atoms with Gasteiger partial charge in [-0.3, -0.25) is 14.4 Å². The standard InChI is InChI=1S/C26H29N3O3/c1-4-11-19(17(3)30)20(12-5-2)25(31)29-24-26(32)27-22-16-10-9-15-21(22)23(28-24)18-13-7-6-8-14-18/h4,6-10,13-16,19-20,24H,1,5,11-12H2,2-3H3,(H,27,32)(H,29,31)/t19-,20-,24?/m1/s1. The van der Waals surface area contributed by atoms with E-state index in [2.05, 4.69) is 22.2 Å². The quantitative estimate of drug-likeness (QED) is 0.586. The summed E-state index contributed by atoms with van der Waals surface area (Å²) < 4.78 is 0. The maximum Gasteiger partial charge on any atom is 0.269 e. The summed E-state index contributed by atoms with van der Waals surface area (Å²) in [6, 6.07) is 17.0. The first-order chi connectivity index (χ1) is 15.5. The Morgan fingerprint density at radius 1 is 1.12 bits per heavy atom. The van der Waals surface area contributed by atoms with Gasteiger partial charge in [0.05, 0.1) is 11.4 Å². The summed E-state index contributed by atoms with van der Waals surface area (Å²) in [6.07, 6.45) is 2.23. The van der Waals surface area contributed by atoms with Gasteiger partial charge in [-0.05, 0) is 25.8 Å². The number of amides is 2. The van der Waals surface area contributed by atoms with Crippen molar-refractivity contribution >= 4 is 29.0 Å². The first-order valence-electron chi connectivity index (χ1n) is 10.9. The lowest BCUT2D eigenvalue weighted by atomic mass is 9.82. The fourth-order valence-corrected chi connectivity index (χ4v) is 4.04. The zero-order chi connectivity index (χ0) is 23.1. The molecule has 2 aromatic rings. The first kappa shape index (κ1) is 23.1. The molecule has 6 heteroatoms. The minimum Gasteiger partial charge on any atom is -0.326 e. The van der Waals surface area contributed by atoms with Gasteiger partial charge in [0.15, 0.2) is 0 Å². The van der Waals surface area contributed by atoms with Crippen molar-refractivity contribution < 1.29 is 14.4 Å². The highest BCUT2D eigenvalue weighted by molar-refractivity contribution is 6.19. The summed E-state index contributed by atoms with van der Waals surface area (Å²) >= 11 is 0. The number of carbonyl (C=O) groups excluding carboxylic acids is 3. The van der Waals surface area contributed by atoms with Crippen molar-refractivity contribution in [3.05, 3.63) is 78.4 Å². The van der Waals surface area contributed by atoms with Crippen LogP contribution in [0.2, 0.25) is 0 Å². The number of allylic oxidation sites excluding steroid dienone is 1. The molecule has 0 fully saturated rings. The average Bonchev–Trinajstić information content (AvgIpc) is 2.93. The Bertz CT molecular complexity index is 1030. The van der Waals surface area contributed by atoms with E-state index in [-0.39, 0.29) is 11.7 Å². The molecule has 6 nitrogen and oxygen atoms in total. The van der Waals surface area contributed by atoms with Crippen molar-refractivity contribution in [2.24, 2.45) is 16.8 Å². The molecule has 2 aromatic carbocycles. The molecule has 2 amide bonds. The molecule has 0 aliphatic carbocycles. The van der Waals surface area contributed by atoms with E-state index in [1.54, 1.807) is 6.08 Å². The molecule has 1 heterocycles. The highest BCUT2D eigenvalue weighted by Crippen LogP contribution is 2.26. The predicted octanol–water partition coefficient (Wildman–Crippen LogP) is 4.12. The second-order valence-electron chi connectivity index (χ2n) is 7.93. The lowest BCUT2D eigenvalue weighted by Crippen LogP contribution is -2.47. The number of fused-ring (bicyclic) bond motifs is 1. The van der Waals surface area contributed by atoms with Gasteiger partial charge in [-0.25, -0.2) is 4.99 Å². The maximum atomic E-state index is 13.2. The Morgan fingerprint density at radius 2 is 1.81 bits per heavy atom. The Labute approximate surface area is 188 Å². The van der Waals surface area contributed by atoms with Gasteiger partial charge < -0.3 is 10.6 Å². The van der Waals surface area contributed by atoms with Crippen molar-refractivity contribution in [1.82, 2.24) is 5.32 Å². The van der Waals surface area contributed by atoms with Crippen LogP contribution in [0.1, 0.15) is 44.2 Å². The number of anilines is 1. The second-order valence-corrected chi connectivity index (χ2v) is 7.93. The minimum absolute atomic E-state index is 0.0651. The van der Waals surface area contributed by atoms with Gasteiger partial charge >= 0.3 is 0 Å². The van der Waals surface area contributed by atoms with Crippen LogP contribution in [0.5, 0.6) is 0 Å². The number of ketones is 1. The minimum atomic E-state index is -1.11. The molecule has 0 radical (unpaired) electrons. The molecule has 2 N–H and O–H groups in total. The number of aliphatic imine (C=N–C) groups is 1. The topological polar surface area (TPSA) is 87.6 Å². The van der Waals surface area contributed by atoms with Crippen LogP contribution in [0.3, 0.4) is 0 Å². The van der Waals surface area contributed by atoms with Gasteiger partial charge in [0.25, 0.3) is 5.91 Å². The van der Waals surface area contributed by atoms with Crippen LogP contribution in [0.4, 0.5) is 5.69 Å². The van der Waals surface area contributed by atoms with Crippen molar-refractivity contribution in [3.63, 3.8) is 0 Å². The number of nitrogens with one attached hydrogen (secondary N) is 2. The molecular weight excluding hydrogens is 402 g/mol. The van der Waals surface area contributed by atoms with Gasteiger partial charge in [-0.1, -0.05) is 68.0 Å². The molecular formula is C26H29N3O3. The SMILES string of the molecule is C=CC[C@H](C(C)=O)[C@@H](CCC)C(=O)NC1N=C(c2ccccc2)c2ccccc2NC1=O. The van der Waals surface area contributed by atoms with Gasteiger partial charge in [0.2, 0.25) is 12.1 Å². The molecule has 1 aliphatic rings. The summed E-state index contributed by atoms with van der Waals surface area (Å²) in [6.45, 7) is 7.18. The Hall–Kier alpha value is -3.54. The van der Waals surface area contributed by atoms with E-state index in [0.29, 0.717) is 24.2 Å². The average molecular weight is 432 g/mol. The van der Waals surface area contributed by atoms with E-state index in [9.17, 15) is 14.4 Å². The number of hydrogen-bond acceptors (Lipinski definition) is 4. The number of Topliss-reactive ketones (excluding diaryl/α,β-unsaturated/α-hetero) is 1. The fourth-order valence-electron chi connectivity index (χ4n) is 4.04.